The summed E-state index contributed by atoms with van der Waals surface area (Å²) in [6, 6.07) is 26.3. The molecule has 1 aliphatic heterocycles. The van der Waals surface area contributed by atoms with E-state index in [9.17, 15) is 9.90 Å². The van der Waals surface area contributed by atoms with Crippen LogP contribution in [0.5, 0.6) is 0 Å². The van der Waals surface area contributed by atoms with E-state index in [1.165, 1.54) is 5.56 Å². The Kier molecular flexibility index (Phi) is 6.99. The first-order chi connectivity index (χ1) is 16.0. The second kappa shape index (κ2) is 10.1. The van der Waals surface area contributed by atoms with E-state index >= 15 is 0 Å². The van der Waals surface area contributed by atoms with E-state index in [2.05, 4.69) is 41.0 Å². The molecule has 33 heavy (non-hydrogen) atoms. The summed E-state index contributed by atoms with van der Waals surface area (Å²) in [6.45, 7) is 8.76. The fraction of sp³-hybridized carbons (Fsp3) is 0.321. The van der Waals surface area contributed by atoms with Crippen LogP contribution in [-0.2, 0) is 21.5 Å². The normalized spacial score (nSPS) is 15.6. The Balaban J connectivity index is 1.57. The topological polar surface area (TPSA) is 53.0 Å². The molecule has 4 rings (SSSR count). The Bertz CT molecular complexity index is 1040. The Morgan fingerprint density at radius 1 is 0.939 bits per heavy atom. The van der Waals surface area contributed by atoms with Crippen LogP contribution in [0.15, 0.2) is 78.9 Å². The molecule has 1 atom stereocenters. The van der Waals surface area contributed by atoms with Gasteiger partial charge in [-0.2, -0.15) is 0 Å². The Hall–Kier alpha value is -3.31. The van der Waals surface area contributed by atoms with Crippen molar-refractivity contribution in [1.82, 2.24) is 0 Å². The second-order valence-corrected chi connectivity index (χ2v) is 8.62. The van der Waals surface area contributed by atoms with Gasteiger partial charge in [-0.15, -0.1) is 0 Å². The molecule has 1 aliphatic rings. The van der Waals surface area contributed by atoms with Crippen LogP contribution in [0.4, 0.5) is 11.4 Å². The molecule has 0 bridgehead atoms. The van der Waals surface area contributed by atoms with Crippen LogP contribution in [0.1, 0.15) is 30.5 Å². The van der Waals surface area contributed by atoms with Gasteiger partial charge in [0.05, 0.1) is 13.2 Å². The van der Waals surface area contributed by atoms with Crippen molar-refractivity contribution in [3.63, 3.8) is 0 Å². The van der Waals surface area contributed by atoms with Crippen molar-refractivity contribution in [3.05, 3.63) is 95.6 Å². The number of nitrogens with zero attached hydrogens (tertiary/aromatic N) is 2. The first-order valence-corrected chi connectivity index (χ1v) is 11.6. The molecule has 5 heteroatoms. The lowest BCUT2D eigenvalue weighted by Gasteiger charge is -2.31. The minimum atomic E-state index is -1.13. The van der Waals surface area contributed by atoms with Gasteiger partial charge in [-0.1, -0.05) is 54.6 Å². The number of morpholine rings is 1. The third-order valence-electron chi connectivity index (χ3n) is 6.66. The molecule has 0 spiro atoms. The molecule has 3 aromatic rings. The Morgan fingerprint density at radius 3 is 2.06 bits per heavy atom. The average Bonchev–Trinajstić information content (AvgIpc) is 2.88. The highest BCUT2D eigenvalue weighted by Gasteiger charge is 2.37. The second-order valence-electron chi connectivity index (χ2n) is 8.62. The molecular weight excluding hydrogens is 412 g/mol. The molecule has 1 fully saturated rings. The number of benzene rings is 3. The third-order valence-corrected chi connectivity index (χ3v) is 6.66. The van der Waals surface area contributed by atoms with Crippen molar-refractivity contribution in [2.75, 3.05) is 42.6 Å². The highest BCUT2D eigenvalue weighted by atomic mass is 16.5. The molecule has 3 aromatic carbocycles. The van der Waals surface area contributed by atoms with Crippen molar-refractivity contribution in [2.24, 2.45) is 0 Å². The van der Waals surface area contributed by atoms with Gasteiger partial charge in [0.25, 0.3) is 0 Å². The fourth-order valence-electron chi connectivity index (χ4n) is 4.44. The number of carboxylic acids is 1. The molecule has 5 nitrogen and oxygen atoms in total. The molecule has 0 amide bonds. The molecule has 0 aliphatic carbocycles. The maximum atomic E-state index is 12.5. The van der Waals surface area contributed by atoms with E-state index < -0.39 is 11.4 Å². The van der Waals surface area contributed by atoms with Crippen molar-refractivity contribution in [2.45, 2.75) is 25.8 Å². The lowest BCUT2D eigenvalue weighted by molar-refractivity contribution is -0.141. The van der Waals surface area contributed by atoms with Gasteiger partial charge >= 0.3 is 5.97 Å². The van der Waals surface area contributed by atoms with Crippen molar-refractivity contribution in [3.8, 4) is 0 Å². The van der Waals surface area contributed by atoms with E-state index in [-0.39, 0.29) is 0 Å². The minimum absolute atomic E-state index is 0.722. The monoisotopic (exact) mass is 444 g/mol. The Morgan fingerprint density at radius 2 is 1.52 bits per heavy atom. The molecule has 0 radical (unpaired) electrons. The highest BCUT2D eigenvalue weighted by molar-refractivity contribution is 5.86. The number of anilines is 2. The summed E-state index contributed by atoms with van der Waals surface area (Å²) in [6.07, 6.45) is 0. The highest BCUT2D eigenvalue weighted by Crippen LogP contribution is 2.35. The maximum Gasteiger partial charge on any atom is 0.318 e. The van der Waals surface area contributed by atoms with Crippen LogP contribution in [-0.4, -0.2) is 43.9 Å². The molecule has 0 aromatic heterocycles. The average molecular weight is 445 g/mol. The molecule has 1 N–H and O–H groups in total. The van der Waals surface area contributed by atoms with Crippen molar-refractivity contribution < 1.29 is 14.6 Å². The van der Waals surface area contributed by atoms with Crippen LogP contribution in [0.2, 0.25) is 0 Å². The van der Waals surface area contributed by atoms with E-state index in [1.54, 1.807) is 6.92 Å². The van der Waals surface area contributed by atoms with Crippen molar-refractivity contribution >= 4 is 17.3 Å². The summed E-state index contributed by atoms with van der Waals surface area (Å²) in [7, 11) is 0. The lowest BCUT2D eigenvalue weighted by Crippen LogP contribution is -2.36. The quantitative estimate of drug-likeness (QED) is 0.533. The van der Waals surface area contributed by atoms with E-state index in [0.717, 1.165) is 61.9 Å². The standard InChI is InChI=1S/C28H32N2O3/c1-3-29(21-22-7-5-4-6-8-22)25-13-9-23(10-14-25)28(2,27(31)32)24-11-15-26(16-12-24)30-17-19-33-20-18-30/h4-16H,3,17-21H2,1-2H3,(H,31,32). The Labute approximate surface area is 196 Å². The number of carboxylic acid groups (broad SMARTS) is 1. The summed E-state index contributed by atoms with van der Waals surface area (Å²) in [4.78, 5) is 17.0. The van der Waals surface area contributed by atoms with Gasteiger partial charge in [0.15, 0.2) is 0 Å². The largest absolute Gasteiger partial charge is 0.480 e. The van der Waals surface area contributed by atoms with Crippen LogP contribution in [0.3, 0.4) is 0 Å². The molecule has 1 unspecified atom stereocenters. The molecule has 0 saturated carbocycles. The van der Waals surface area contributed by atoms with Crippen LogP contribution in [0.25, 0.3) is 0 Å². The zero-order valence-corrected chi connectivity index (χ0v) is 19.4. The number of ether oxygens (including phenoxy) is 1. The van der Waals surface area contributed by atoms with Gasteiger partial charge in [-0.3, -0.25) is 4.79 Å². The van der Waals surface area contributed by atoms with Gasteiger partial charge in [-0.05, 0) is 54.8 Å². The van der Waals surface area contributed by atoms with E-state index in [1.807, 2.05) is 54.6 Å². The maximum absolute atomic E-state index is 12.5. The first-order valence-electron chi connectivity index (χ1n) is 11.6. The summed E-state index contributed by atoms with van der Waals surface area (Å²) < 4.78 is 5.43. The molecule has 1 saturated heterocycles. The number of aliphatic carboxylic acids is 1. The summed E-state index contributed by atoms with van der Waals surface area (Å²) in [5.41, 5.74) is 3.85. The smallest absolute Gasteiger partial charge is 0.318 e. The summed E-state index contributed by atoms with van der Waals surface area (Å²) >= 11 is 0. The zero-order valence-electron chi connectivity index (χ0n) is 19.4. The van der Waals surface area contributed by atoms with Crippen molar-refractivity contribution in [1.29, 1.82) is 0 Å². The van der Waals surface area contributed by atoms with Gasteiger partial charge in [0.2, 0.25) is 0 Å². The molecule has 172 valence electrons. The van der Waals surface area contributed by atoms with Gasteiger partial charge < -0.3 is 19.6 Å². The lowest BCUT2D eigenvalue weighted by atomic mass is 9.76. The zero-order chi connectivity index (χ0) is 23.3. The number of rotatable bonds is 8. The number of carbonyl (C=O) groups is 1. The third kappa shape index (κ3) is 4.88. The van der Waals surface area contributed by atoms with Crippen LogP contribution < -0.4 is 9.80 Å². The summed E-state index contributed by atoms with van der Waals surface area (Å²) in [5.74, 6) is -0.856. The van der Waals surface area contributed by atoms with Gasteiger partial charge in [0.1, 0.15) is 5.41 Å². The minimum Gasteiger partial charge on any atom is -0.480 e. The van der Waals surface area contributed by atoms with Crippen LogP contribution in [0, 0.1) is 0 Å². The predicted molar refractivity (Wildman–Crippen MR) is 133 cm³/mol. The first kappa shape index (κ1) is 22.9. The van der Waals surface area contributed by atoms with Gasteiger partial charge in [0, 0.05) is 37.6 Å². The number of hydrogen-bond donors (Lipinski definition) is 1. The van der Waals surface area contributed by atoms with E-state index in [4.69, 9.17) is 4.74 Å². The number of hydrogen-bond acceptors (Lipinski definition) is 4. The summed E-state index contributed by atoms with van der Waals surface area (Å²) in [5, 5.41) is 10.2. The van der Waals surface area contributed by atoms with Gasteiger partial charge in [-0.25, -0.2) is 0 Å². The molecule has 1 heterocycles. The van der Waals surface area contributed by atoms with Crippen LogP contribution >= 0.6 is 0 Å². The van der Waals surface area contributed by atoms with E-state index in [0.29, 0.717) is 0 Å². The fourth-order valence-corrected chi connectivity index (χ4v) is 4.44. The SMILES string of the molecule is CCN(Cc1ccccc1)c1ccc(C(C)(C(=O)O)c2ccc(N3CCOCC3)cc2)cc1. The molecular formula is C28H32N2O3. The predicted octanol–water partition coefficient (Wildman–Crippen LogP) is 4.94.